The minimum atomic E-state index is -1.52. The Kier molecular flexibility index (Phi) is 7.32. The first-order valence-corrected chi connectivity index (χ1v) is 9.29. The van der Waals surface area contributed by atoms with Crippen LogP contribution < -0.4 is 10.6 Å². The van der Waals surface area contributed by atoms with E-state index in [1.54, 1.807) is 37.3 Å². The molecule has 0 fully saturated rings. The highest BCUT2D eigenvalue weighted by molar-refractivity contribution is 5.90. The van der Waals surface area contributed by atoms with Gasteiger partial charge >= 0.3 is 5.97 Å². The molecule has 28 heavy (non-hydrogen) atoms. The average Bonchev–Trinajstić information content (AvgIpc) is 2.70. The van der Waals surface area contributed by atoms with Crippen LogP contribution in [0.1, 0.15) is 36.5 Å². The van der Waals surface area contributed by atoms with Gasteiger partial charge in [-0.15, -0.1) is 0 Å². The molecule has 2 rings (SSSR count). The number of rotatable bonds is 9. The molecule has 1 atom stereocenters. The number of nitrogens with one attached hydrogen (secondary N) is 2. The van der Waals surface area contributed by atoms with Crippen molar-refractivity contribution < 1.29 is 19.5 Å². The lowest BCUT2D eigenvalue weighted by atomic mass is 9.87. The van der Waals surface area contributed by atoms with E-state index in [1.165, 1.54) is 0 Å². The standard InChI is InChI=1S/C22H26N2O4/c1-3-22(21(27)28,18-7-5-4-6-8-18)24-20(26)15-23-19(25)14-13-17-11-9-16(2)10-12-17/h4-12H,3,13-15H2,1-2H3,(H,23,25)(H,24,26)(H,27,28). The summed E-state index contributed by atoms with van der Waals surface area (Å²) >= 11 is 0. The number of carbonyl (C=O) groups excluding carboxylic acids is 2. The smallest absolute Gasteiger partial charge is 0.334 e. The normalized spacial score (nSPS) is 12.6. The van der Waals surface area contributed by atoms with Gasteiger partial charge in [0.25, 0.3) is 0 Å². The Morgan fingerprint density at radius 2 is 1.61 bits per heavy atom. The number of carbonyl (C=O) groups is 3. The molecule has 2 amide bonds. The second-order valence-electron chi connectivity index (χ2n) is 6.74. The molecule has 0 aliphatic rings. The molecule has 0 saturated heterocycles. The van der Waals surface area contributed by atoms with Crippen molar-refractivity contribution in [2.45, 2.75) is 38.6 Å². The number of benzene rings is 2. The first-order chi connectivity index (χ1) is 13.4. The van der Waals surface area contributed by atoms with Crippen LogP contribution in [0.15, 0.2) is 54.6 Å². The van der Waals surface area contributed by atoms with E-state index in [9.17, 15) is 19.5 Å². The highest BCUT2D eigenvalue weighted by Crippen LogP contribution is 2.25. The number of amides is 2. The maximum Gasteiger partial charge on any atom is 0.334 e. The van der Waals surface area contributed by atoms with Gasteiger partial charge in [-0.3, -0.25) is 9.59 Å². The summed E-state index contributed by atoms with van der Waals surface area (Å²) in [5.41, 5.74) is 1.17. The molecule has 148 valence electrons. The van der Waals surface area contributed by atoms with Gasteiger partial charge in [-0.05, 0) is 30.9 Å². The lowest BCUT2D eigenvalue weighted by Gasteiger charge is -2.30. The molecular weight excluding hydrogens is 356 g/mol. The van der Waals surface area contributed by atoms with Crippen molar-refractivity contribution in [2.75, 3.05) is 6.54 Å². The number of hydrogen-bond acceptors (Lipinski definition) is 3. The first kappa shape index (κ1) is 21.2. The summed E-state index contributed by atoms with van der Waals surface area (Å²) in [4.78, 5) is 36.2. The number of carboxylic acids is 1. The van der Waals surface area contributed by atoms with Gasteiger partial charge in [0.15, 0.2) is 5.54 Å². The van der Waals surface area contributed by atoms with E-state index in [-0.39, 0.29) is 25.3 Å². The van der Waals surface area contributed by atoms with Gasteiger partial charge < -0.3 is 15.7 Å². The Balaban J connectivity index is 1.91. The van der Waals surface area contributed by atoms with E-state index in [4.69, 9.17) is 0 Å². The Labute approximate surface area is 165 Å². The fourth-order valence-electron chi connectivity index (χ4n) is 2.98. The van der Waals surface area contributed by atoms with Crippen molar-refractivity contribution in [3.8, 4) is 0 Å². The minimum absolute atomic E-state index is 0.180. The second kappa shape index (κ2) is 9.69. The molecule has 0 heterocycles. The Bertz CT molecular complexity index is 818. The second-order valence-corrected chi connectivity index (χ2v) is 6.74. The highest BCUT2D eigenvalue weighted by atomic mass is 16.4. The van der Waals surface area contributed by atoms with Crippen LogP contribution in [0.4, 0.5) is 0 Å². The van der Waals surface area contributed by atoms with Crippen LogP contribution in [0.25, 0.3) is 0 Å². The van der Waals surface area contributed by atoms with Crippen molar-refractivity contribution in [2.24, 2.45) is 0 Å². The molecule has 0 spiro atoms. The van der Waals surface area contributed by atoms with E-state index >= 15 is 0 Å². The third-order valence-corrected chi connectivity index (χ3v) is 4.72. The molecule has 2 aromatic carbocycles. The lowest BCUT2D eigenvalue weighted by molar-refractivity contribution is -0.148. The van der Waals surface area contributed by atoms with E-state index in [0.29, 0.717) is 12.0 Å². The molecule has 0 radical (unpaired) electrons. The van der Waals surface area contributed by atoms with Crippen LogP contribution in [0.2, 0.25) is 0 Å². The Morgan fingerprint density at radius 1 is 0.964 bits per heavy atom. The molecule has 1 unspecified atom stereocenters. The van der Waals surface area contributed by atoms with Crippen molar-refractivity contribution in [1.82, 2.24) is 10.6 Å². The maximum absolute atomic E-state index is 12.3. The summed E-state index contributed by atoms with van der Waals surface area (Å²) in [5.74, 6) is -1.94. The van der Waals surface area contributed by atoms with Gasteiger partial charge in [0.05, 0.1) is 6.54 Å². The zero-order valence-electron chi connectivity index (χ0n) is 16.2. The molecule has 3 N–H and O–H groups in total. The monoisotopic (exact) mass is 382 g/mol. The van der Waals surface area contributed by atoms with Crippen molar-refractivity contribution in [1.29, 1.82) is 0 Å². The number of hydrogen-bond donors (Lipinski definition) is 3. The summed E-state index contributed by atoms with van der Waals surface area (Å²) in [6, 6.07) is 16.5. The molecule has 2 aromatic rings. The fourth-order valence-corrected chi connectivity index (χ4v) is 2.98. The van der Waals surface area contributed by atoms with E-state index in [2.05, 4.69) is 10.6 Å². The van der Waals surface area contributed by atoms with Crippen molar-refractivity contribution in [3.63, 3.8) is 0 Å². The molecule has 0 aliphatic heterocycles. The SMILES string of the molecule is CCC(NC(=O)CNC(=O)CCc1ccc(C)cc1)(C(=O)O)c1ccccc1. The predicted octanol–water partition coefficient (Wildman–Crippen LogP) is 2.55. The molecule has 0 saturated carbocycles. The van der Waals surface area contributed by atoms with E-state index in [1.807, 2.05) is 31.2 Å². The van der Waals surface area contributed by atoms with Crippen LogP contribution in [0.5, 0.6) is 0 Å². The van der Waals surface area contributed by atoms with Gasteiger partial charge in [-0.25, -0.2) is 4.79 Å². The largest absolute Gasteiger partial charge is 0.479 e. The van der Waals surface area contributed by atoms with Crippen LogP contribution in [-0.2, 0) is 26.3 Å². The fraction of sp³-hybridized carbons (Fsp3) is 0.318. The molecule has 0 bridgehead atoms. The Morgan fingerprint density at radius 3 is 2.18 bits per heavy atom. The van der Waals surface area contributed by atoms with Gasteiger partial charge in [-0.1, -0.05) is 67.1 Å². The number of aryl methyl sites for hydroxylation is 2. The Hall–Kier alpha value is -3.15. The zero-order chi connectivity index (χ0) is 20.6. The summed E-state index contributed by atoms with van der Waals surface area (Å²) < 4.78 is 0. The van der Waals surface area contributed by atoms with Crippen molar-refractivity contribution in [3.05, 3.63) is 71.3 Å². The zero-order valence-corrected chi connectivity index (χ0v) is 16.2. The van der Waals surface area contributed by atoms with E-state index in [0.717, 1.165) is 11.1 Å². The molecule has 0 aromatic heterocycles. The van der Waals surface area contributed by atoms with Gasteiger partial charge in [0, 0.05) is 6.42 Å². The minimum Gasteiger partial charge on any atom is -0.479 e. The maximum atomic E-state index is 12.3. The number of carboxylic acid groups (broad SMARTS) is 1. The predicted molar refractivity (Wildman–Crippen MR) is 107 cm³/mol. The van der Waals surface area contributed by atoms with Gasteiger partial charge in [-0.2, -0.15) is 0 Å². The quantitative estimate of drug-likeness (QED) is 0.621. The van der Waals surface area contributed by atoms with Crippen LogP contribution in [0.3, 0.4) is 0 Å². The summed E-state index contributed by atoms with van der Waals surface area (Å²) in [5, 5.41) is 14.9. The highest BCUT2D eigenvalue weighted by Gasteiger charge is 2.40. The van der Waals surface area contributed by atoms with E-state index < -0.39 is 17.4 Å². The molecule has 6 nitrogen and oxygen atoms in total. The lowest BCUT2D eigenvalue weighted by Crippen LogP contribution is -2.53. The summed E-state index contributed by atoms with van der Waals surface area (Å²) in [7, 11) is 0. The van der Waals surface area contributed by atoms with Crippen molar-refractivity contribution >= 4 is 17.8 Å². The third kappa shape index (κ3) is 5.42. The molecule has 0 aliphatic carbocycles. The van der Waals surface area contributed by atoms with Crippen LogP contribution in [-0.4, -0.2) is 29.4 Å². The van der Waals surface area contributed by atoms with Gasteiger partial charge in [0.2, 0.25) is 11.8 Å². The van der Waals surface area contributed by atoms with Crippen LogP contribution >= 0.6 is 0 Å². The van der Waals surface area contributed by atoms with Crippen LogP contribution in [0, 0.1) is 6.92 Å². The molecule has 6 heteroatoms. The third-order valence-electron chi connectivity index (χ3n) is 4.72. The first-order valence-electron chi connectivity index (χ1n) is 9.29. The average molecular weight is 382 g/mol. The summed E-state index contributed by atoms with van der Waals surface area (Å²) in [6.45, 7) is 3.42. The van der Waals surface area contributed by atoms with Gasteiger partial charge in [0.1, 0.15) is 0 Å². The summed E-state index contributed by atoms with van der Waals surface area (Å²) in [6.07, 6.45) is 1.01. The number of aliphatic carboxylic acids is 1. The topological polar surface area (TPSA) is 95.5 Å². The molecular formula is C22H26N2O4.